The first-order valence-corrected chi connectivity index (χ1v) is 8.68. The first-order valence-electron chi connectivity index (χ1n) is 6.38. The van der Waals surface area contributed by atoms with Crippen molar-refractivity contribution < 1.29 is 13.2 Å². The lowest BCUT2D eigenvalue weighted by molar-refractivity contribution is 0.350. The van der Waals surface area contributed by atoms with E-state index in [9.17, 15) is 8.42 Å². The third-order valence-corrected chi connectivity index (χ3v) is 5.18. The molecule has 2 rings (SSSR count). The minimum atomic E-state index is -3.41. The Balaban J connectivity index is 1.89. The fourth-order valence-electron chi connectivity index (χ4n) is 1.70. The highest BCUT2D eigenvalue weighted by Crippen LogP contribution is 2.24. The van der Waals surface area contributed by atoms with Crippen molar-refractivity contribution in [1.82, 2.24) is 4.72 Å². The molecule has 0 saturated heterocycles. The van der Waals surface area contributed by atoms with Crippen LogP contribution in [-0.4, -0.2) is 21.6 Å². The Kier molecular flexibility index (Phi) is 5.17. The largest absolute Gasteiger partial charge is 0.484 e. The second-order valence-electron chi connectivity index (χ2n) is 4.11. The average Bonchev–Trinajstić information content (AvgIpc) is 2.88. The topological polar surface area (TPSA) is 55.4 Å². The minimum absolute atomic E-state index is 0.293. The summed E-state index contributed by atoms with van der Waals surface area (Å²) in [5.74, 6) is 0. The first-order chi connectivity index (χ1) is 9.62. The molecule has 4 nitrogen and oxygen atoms in total. The Morgan fingerprint density at radius 1 is 1.15 bits per heavy atom. The molecule has 6 heteroatoms. The second kappa shape index (κ2) is 6.88. The van der Waals surface area contributed by atoms with E-state index in [0.29, 0.717) is 24.5 Å². The van der Waals surface area contributed by atoms with Crippen LogP contribution < -0.4 is 9.46 Å². The van der Waals surface area contributed by atoms with Crippen LogP contribution in [0.2, 0.25) is 0 Å². The number of ether oxygens (including phenoxy) is 1. The molecule has 0 aliphatic rings. The molecule has 1 heterocycles. The molecule has 0 radical (unpaired) electrons. The van der Waals surface area contributed by atoms with E-state index in [4.69, 9.17) is 4.74 Å². The average molecular weight is 311 g/mol. The number of hydrogen-bond acceptors (Lipinski definition) is 4. The SMILES string of the molecule is CCOc1ccc(CCNS(=O)(=O)c2ccccc2)s1. The summed E-state index contributed by atoms with van der Waals surface area (Å²) in [5, 5.41) is 0.869. The van der Waals surface area contributed by atoms with E-state index < -0.39 is 10.0 Å². The van der Waals surface area contributed by atoms with Crippen molar-refractivity contribution in [3.8, 4) is 5.06 Å². The highest BCUT2D eigenvalue weighted by Gasteiger charge is 2.12. The molecule has 1 aromatic carbocycles. The zero-order valence-corrected chi connectivity index (χ0v) is 12.8. The number of benzene rings is 1. The zero-order valence-electron chi connectivity index (χ0n) is 11.2. The van der Waals surface area contributed by atoms with Crippen molar-refractivity contribution in [2.45, 2.75) is 18.2 Å². The molecule has 108 valence electrons. The summed E-state index contributed by atoms with van der Waals surface area (Å²) in [7, 11) is -3.41. The van der Waals surface area contributed by atoms with Gasteiger partial charge in [-0.2, -0.15) is 0 Å². The van der Waals surface area contributed by atoms with Crippen LogP contribution in [-0.2, 0) is 16.4 Å². The van der Waals surface area contributed by atoms with E-state index in [-0.39, 0.29) is 0 Å². The van der Waals surface area contributed by atoms with Crippen molar-refractivity contribution in [1.29, 1.82) is 0 Å². The summed E-state index contributed by atoms with van der Waals surface area (Å²) < 4.78 is 32.0. The van der Waals surface area contributed by atoms with Crippen molar-refractivity contribution in [2.75, 3.05) is 13.2 Å². The van der Waals surface area contributed by atoms with Gasteiger partial charge in [0.25, 0.3) is 0 Å². The van der Waals surface area contributed by atoms with Crippen LogP contribution in [0.4, 0.5) is 0 Å². The molecule has 20 heavy (non-hydrogen) atoms. The Hall–Kier alpha value is -1.37. The summed E-state index contributed by atoms with van der Waals surface area (Å²) in [5.41, 5.74) is 0. The lowest BCUT2D eigenvalue weighted by atomic mass is 10.3. The van der Waals surface area contributed by atoms with Crippen LogP contribution in [0.5, 0.6) is 5.06 Å². The standard InChI is InChI=1S/C14H17NO3S2/c1-2-18-14-9-8-12(19-14)10-11-15-20(16,17)13-6-4-3-5-7-13/h3-9,15H,2,10-11H2,1H3. The van der Waals surface area contributed by atoms with Crippen molar-refractivity contribution in [3.05, 3.63) is 47.3 Å². The van der Waals surface area contributed by atoms with Crippen molar-refractivity contribution in [2.24, 2.45) is 0 Å². The van der Waals surface area contributed by atoms with Gasteiger partial charge in [0, 0.05) is 11.4 Å². The Morgan fingerprint density at radius 2 is 1.90 bits per heavy atom. The molecule has 0 spiro atoms. The molecule has 0 saturated carbocycles. The van der Waals surface area contributed by atoms with Crippen LogP contribution in [0.1, 0.15) is 11.8 Å². The normalized spacial score (nSPS) is 11.4. The fourth-order valence-corrected chi connectivity index (χ4v) is 3.67. The van der Waals surface area contributed by atoms with Crippen LogP contribution in [0, 0.1) is 0 Å². The Labute approximate surface area is 123 Å². The van der Waals surface area contributed by atoms with Crippen LogP contribution in [0.25, 0.3) is 0 Å². The van der Waals surface area contributed by atoms with Gasteiger partial charge in [-0.1, -0.05) is 18.2 Å². The second-order valence-corrected chi connectivity index (χ2v) is 7.01. The van der Waals surface area contributed by atoms with Gasteiger partial charge < -0.3 is 4.74 Å². The molecule has 2 aromatic rings. The first kappa shape index (κ1) is 15.0. The highest BCUT2D eigenvalue weighted by molar-refractivity contribution is 7.89. The summed E-state index contributed by atoms with van der Waals surface area (Å²) in [6, 6.07) is 12.3. The smallest absolute Gasteiger partial charge is 0.240 e. The fraction of sp³-hybridized carbons (Fsp3) is 0.286. The van der Waals surface area contributed by atoms with Crippen LogP contribution in [0.15, 0.2) is 47.4 Å². The number of sulfonamides is 1. The Morgan fingerprint density at radius 3 is 2.60 bits per heavy atom. The lowest BCUT2D eigenvalue weighted by Gasteiger charge is -2.05. The predicted molar refractivity (Wildman–Crippen MR) is 80.8 cm³/mol. The van der Waals surface area contributed by atoms with Crippen molar-refractivity contribution >= 4 is 21.4 Å². The molecular formula is C14H17NO3S2. The molecule has 0 fully saturated rings. The van der Waals surface area contributed by atoms with Gasteiger partial charge in [-0.15, -0.1) is 11.3 Å². The summed E-state index contributed by atoms with van der Waals surface area (Å²) in [6.45, 7) is 2.96. The van der Waals surface area contributed by atoms with Gasteiger partial charge in [-0.3, -0.25) is 0 Å². The quantitative estimate of drug-likeness (QED) is 0.855. The molecule has 1 aromatic heterocycles. The third-order valence-electron chi connectivity index (χ3n) is 2.64. The van der Waals surface area contributed by atoms with Gasteiger partial charge in [0.2, 0.25) is 10.0 Å². The lowest BCUT2D eigenvalue weighted by Crippen LogP contribution is -2.25. The molecule has 0 aliphatic carbocycles. The molecule has 0 amide bonds. The monoisotopic (exact) mass is 311 g/mol. The molecule has 0 bridgehead atoms. The Bertz CT molecular complexity index is 635. The zero-order chi connectivity index (χ0) is 14.4. The highest BCUT2D eigenvalue weighted by atomic mass is 32.2. The number of thiophene rings is 1. The minimum Gasteiger partial charge on any atom is -0.484 e. The van der Waals surface area contributed by atoms with Gasteiger partial charge in [0.1, 0.15) is 0 Å². The summed E-state index contributed by atoms with van der Waals surface area (Å²) in [6.07, 6.45) is 0.657. The molecule has 0 unspecified atom stereocenters. The van der Waals surface area contributed by atoms with Gasteiger partial charge in [-0.05, 0) is 37.6 Å². The summed E-state index contributed by atoms with van der Waals surface area (Å²) in [4.78, 5) is 1.39. The van der Waals surface area contributed by atoms with E-state index in [0.717, 1.165) is 9.94 Å². The van der Waals surface area contributed by atoms with Gasteiger partial charge in [-0.25, -0.2) is 13.1 Å². The maximum atomic E-state index is 12.0. The molecule has 1 N–H and O–H groups in total. The summed E-state index contributed by atoms with van der Waals surface area (Å²) >= 11 is 1.55. The van der Waals surface area contributed by atoms with Crippen molar-refractivity contribution in [3.63, 3.8) is 0 Å². The van der Waals surface area contributed by atoms with Crippen LogP contribution in [0.3, 0.4) is 0 Å². The van der Waals surface area contributed by atoms with E-state index in [1.54, 1.807) is 41.7 Å². The molecule has 0 atom stereocenters. The van der Waals surface area contributed by atoms with Gasteiger partial charge >= 0.3 is 0 Å². The third kappa shape index (κ3) is 4.06. The molecule has 0 aliphatic heterocycles. The van der Waals surface area contributed by atoms with E-state index in [2.05, 4.69) is 4.72 Å². The van der Waals surface area contributed by atoms with E-state index in [1.165, 1.54) is 0 Å². The van der Waals surface area contributed by atoms with Gasteiger partial charge in [0.05, 0.1) is 11.5 Å². The molecular weight excluding hydrogens is 294 g/mol. The number of nitrogens with one attached hydrogen (secondary N) is 1. The number of rotatable bonds is 7. The maximum absolute atomic E-state index is 12.0. The van der Waals surface area contributed by atoms with E-state index in [1.807, 2.05) is 19.1 Å². The number of hydrogen-bond donors (Lipinski definition) is 1. The van der Waals surface area contributed by atoms with E-state index >= 15 is 0 Å². The predicted octanol–water partition coefficient (Wildman–Crippen LogP) is 2.67. The maximum Gasteiger partial charge on any atom is 0.240 e. The van der Waals surface area contributed by atoms with Crippen LogP contribution >= 0.6 is 11.3 Å². The van der Waals surface area contributed by atoms with Gasteiger partial charge in [0.15, 0.2) is 5.06 Å².